The number of carbonyl (C=O) groups is 2. The van der Waals surface area contributed by atoms with Gasteiger partial charge in [0.25, 0.3) is 11.8 Å². The van der Waals surface area contributed by atoms with Crippen molar-refractivity contribution in [1.29, 1.82) is 0 Å². The topological polar surface area (TPSA) is 62.2 Å². The molecule has 202 valence electrons. The Hall–Kier alpha value is -4.37. The van der Waals surface area contributed by atoms with Crippen molar-refractivity contribution in [2.24, 2.45) is 5.10 Å². The van der Waals surface area contributed by atoms with Crippen LogP contribution in [0.15, 0.2) is 89.3 Å². The van der Waals surface area contributed by atoms with Gasteiger partial charge in [0, 0.05) is 36.2 Å². The van der Waals surface area contributed by atoms with Gasteiger partial charge in [0.1, 0.15) is 17.4 Å². The molecular formula is C31H25F2N3O3S. The van der Waals surface area contributed by atoms with E-state index in [1.54, 1.807) is 64.8 Å². The van der Waals surface area contributed by atoms with E-state index in [1.165, 1.54) is 23.2 Å². The summed E-state index contributed by atoms with van der Waals surface area (Å²) in [7, 11) is 0. The van der Waals surface area contributed by atoms with E-state index in [4.69, 9.17) is 4.74 Å². The second-order valence-electron chi connectivity index (χ2n) is 9.67. The van der Waals surface area contributed by atoms with Gasteiger partial charge in [-0.2, -0.15) is 5.10 Å². The predicted octanol–water partition coefficient (Wildman–Crippen LogP) is 5.98. The number of hydrogen-bond acceptors (Lipinski definition) is 5. The Balaban J connectivity index is 1.19. The van der Waals surface area contributed by atoms with Crippen molar-refractivity contribution in [1.82, 2.24) is 9.91 Å². The highest BCUT2D eigenvalue weighted by Gasteiger charge is 2.34. The summed E-state index contributed by atoms with van der Waals surface area (Å²) in [5.41, 5.74) is 3.24. The first kappa shape index (κ1) is 25.9. The molecule has 6 rings (SSSR count). The molecular weight excluding hydrogens is 532 g/mol. The molecule has 2 amide bonds. The summed E-state index contributed by atoms with van der Waals surface area (Å²) in [6.45, 7) is 0.309. The van der Waals surface area contributed by atoms with Gasteiger partial charge in [-0.05, 0) is 53.8 Å². The molecule has 4 aromatic rings. The Morgan fingerprint density at radius 1 is 1.00 bits per heavy atom. The van der Waals surface area contributed by atoms with E-state index >= 15 is 0 Å². The van der Waals surface area contributed by atoms with Gasteiger partial charge in [-0.15, -0.1) is 11.3 Å². The van der Waals surface area contributed by atoms with Crippen molar-refractivity contribution in [2.45, 2.75) is 25.4 Å². The Kier molecular flexibility index (Phi) is 7.13. The molecule has 0 N–H and O–H groups in total. The summed E-state index contributed by atoms with van der Waals surface area (Å²) in [6, 6.07) is 21.2. The fourth-order valence-corrected chi connectivity index (χ4v) is 5.86. The van der Waals surface area contributed by atoms with E-state index < -0.39 is 0 Å². The van der Waals surface area contributed by atoms with Crippen LogP contribution >= 0.6 is 11.3 Å². The number of rotatable bonds is 7. The van der Waals surface area contributed by atoms with Gasteiger partial charge < -0.3 is 9.64 Å². The first-order chi connectivity index (χ1) is 19.5. The van der Waals surface area contributed by atoms with Crippen molar-refractivity contribution in [3.8, 4) is 5.75 Å². The molecule has 3 aromatic carbocycles. The zero-order valence-electron chi connectivity index (χ0n) is 21.4. The number of hydrogen-bond donors (Lipinski definition) is 0. The number of ether oxygens (including phenoxy) is 1. The molecule has 0 aliphatic carbocycles. The zero-order chi connectivity index (χ0) is 27.6. The number of nitrogens with zero attached hydrogens (tertiary/aromatic N) is 3. The van der Waals surface area contributed by atoms with Crippen molar-refractivity contribution < 1.29 is 23.1 Å². The summed E-state index contributed by atoms with van der Waals surface area (Å²) in [5, 5.41) is 7.99. The number of carbonyl (C=O) groups excluding carboxylic acids is 2. The van der Waals surface area contributed by atoms with Gasteiger partial charge in [-0.25, -0.2) is 13.8 Å². The zero-order valence-corrected chi connectivity index (χ0v) is 22.2. The number of fused-ring (bicyclic) bond motifs is 1. The van der Waals surface area contributed by atoms with Crippen LogP contribution in [0.1, 0.15) is 44.4 Å². The predicted molar refractivity (Wildman–Crippen MR) is 148 cm³/mol. The minimum atomic E-state index is -0.382. The van der Waals surface area contributed by atoms with Crippen LogP contribution in [-0.4, -0.2) is 40.6 Å². The van der Waals surface area contributed by atoms with Crippen LogP contribution in [0.3, 0.4) is 0 Å². The Morgan fingerprint density at radius 3 is 2.60 bits per heavy atom. The molecule has 1 unspecified atom stereocenters. The third-order valence-electron chi connectivity index (χ3n) is 7.18. The van der Waals surface area contributed by atoms with E-state index in [0.29, 0.717) is 36.3 Å². The number of hydrazone groups is 1. The molecule has 2 aliphatic heterocycles. The van der Waals surface area contributed by atoms with Gasteiger partial charge in [0.15, 0.2) is 6.61 Å². The molecule has 0 saturated heterocycles. The van der Waals surface area contributed by atoms with Crippen molar-refractivity contribution in [2.75, 3.05) is 13.2 Å². The Labute approximate surface area is 234 Å². The molecule has 40 heavy (non-hydrogen) atoms. The van der Waals surface area contributed by atoms with Crippen LogP contribution in [0.5, 0.6) is 5.75 Å². The lowest BCUT2D eigenvalue weighted by atomic mass is 9.97. The SMILES string of the molecule is O=C1c2cccc(OCC(=O)N3N=C(c4cccs4)CC3c3ccc(F)cc3)c2CCN1Cc1ccccc1F. The molecule has 3 heterocycles. The van der Waals surface area contributed by atoms with E-state index in [0.717, 1.165) is 21.7 Å². The molecule has 0 spiro atoms. The average Bonchev–Trinajstić information content (AvgIpc) is 3.66. The maximum absolute atomic E-state index is 14.2. The van der Waals surface area contributed by atoms with Crippen LogP contribution in [0.4, 0.5) is 8.78 Å². The van der Waals surface area contributed by atoms with Crippen LogP contribution in [0.25, 0.3) is 0 Å². The minimum Gasteiger partial charge on any atom is -0.483 e. The van der Waals surface area contributed by atoms with Crippen molar-refractivity contribution in [3.05, 3.63) is 123 Å². The van der Waals surface area contributed by atoms with Gasteiger partial charge in [-0.1, -0.05) is 42.5 Å². The quantitative estimate of drug-likeness (QED) is 0.281. The molecule has 9 heteroatoms. The second-order valence-corrected chi connectivity index (χ2v) is 10.6. The second kappa shape index (κ2) is 11.0. The smallest absolute Gasteiger partial charge is 0.281 e. The van der Waals surface area contributed by atoms with Crippen LogP contribution < -0.4 is 4.74 Å². The first-order valence-electron chi connectivity index (χ1n) is 12.9. The normalized spacial score (nSPS) is 16.6. The number of halogens is 2. The Morgan fingerprint density at radius 2 is 1.82 bits per heavy atom. The largest absolute Gasteiger partial charge is 0.483 e. The van der Waals surface area contributed by atoms with Crippen LogP contribution in [0.2, 0.25) is 0 Å². The molecule has 0 fully saturated rings. The lowest BCUT2D eigenvalue weighted by molar-refractivity contribution is -0.135. The first-order valence-corrected chi connectivity index (χ1v) is 13.8. The molecule has 1 atom stereocenters. The highest BCUT2D eigenvalue weighted by atomic mass is 32.1. The lowest BCUT2D eigenvalue weighted by Crippen LogP contribution is -2.37. The maximum Gasteiger partial charge on any atom is 0.281 e. The van der Waals surface area contributed by atoms with E-state index in [1.807, 2.05) is 17.5 Å². The van der Waals surface area contributed by atoms with Crippen LogP contribution in [0, 0.1) is 11.6 Å². The summed E-state index contributed by atoms with van der Waals surface area (Å²) in [6.07, 6.45) is 1.02. The van der Waals surface area contributed by atoms with Gasteiger partial charge >= 0.3 is 0 Å². The molecule has 0 bridgehead atoms. The van der Waals surface area contributed by atoms with Crippen molar-refractivity contribution >= 4 is 28.9 Å². The third-order valence-corrected chi connectivity index (χ3v) is 8.10. The van der Waals surface area contributed by atoms with E-state index in [2.05, 4.69) is 5.10 Å². The van der Waals surface area contributed by atoms with Gasteiger partial charge in [0.2, 0.25) is 0 Å². The van der Waals surface area contributed by atoms with Gasteiger partial charge in [0.05, 0.1) is 16.6 Å². The highest BCUT2D eigenvalue weighted by Crippen LogP contribution is 2.34. The Bertz CT molecular complexity index is 1590. The highest BCUT2D eigenvalue weighted by molar-refractivity contribution is 7.12. The summed E-state index contributed by atoms with van der Waals surface area (Å²) < 4.78 is 33.7. The van der Waals surface area contributed by atoms with Crippen LogP contribution in [-0.2, 0) is 17.8 Å². The summed E-state index contributed by atoms with van der Waals surface area (Å²) in [5.74, 6) is -0.783. The average molecular weight is 558 g/mol. The molecule has 0 radical (unpaired) electrons. The summed E-state index contributed by atoms with van der Waals surface area (Å²) in [4.78, 5) is 29.2. The van der Waals surface area contributed by atoms with E-state index in [-0.39, 0.29) is 42.6 Å². The van der Waals surface area contributed by atoms with Gasteiger partial charge in [-0.3, -0.25) is 9.59 Å². The maximum atomic E-state index is 14.2. The molecule has 6 nitrogen and oxygen atoms in total. The fraction of sp³-hybridized carbons (Fsp3) is 0.194. The third kappa shape index (κ3) is 5.12. The molecule has 2 aliphatic rings. The summed E-state index contributed by atoms with van der Waals surface area (Å²) >= 11 is 1.54. The molecule has 1 aromatic heterocycles. The monoisotopic (exact) mass is 557 g/mol. The van der Waals surface area contributed by atoms with E-state index in [9.17, 15) is 18.4 Å². The number of benzene rings is 3. The van der Waals surface area contributed by atoms with Crippen molar-refractivity contribution in [3.63, 3.8) is 0 Å². The molecule has 0 saturated carbocycles. The number of thiophene rings is 1. The number of amides is 2. The fourth-order valence-electron chi connectivity index (χ4n) is 5.14. The minimum absolute atomic E-state index is 0.179. The standard InChI is InChI=1S/C31H25F2N3O3S/c32-22-12-10-20(11-13-22)27-17-26(29-9-4-16-40-29)34-36(27)30(37)19-39-28-8-3-6-24-23(28)14-15-35(31(24)38)18-21-5-1-2-7-25(21)33/h1-13,16,27H,14-15,17-19H2. The lowest BCUT2D eigenvalue weighted by Gasteiger charge is -2.30.